The number of aliphatic hydroxyl groups is 1. The van der Waals surface area contributed by atoms with Crippen LogP contribution in [-0.2, 0) is 13.8 Å². The Hall–Kier alpha value is -0.300. The fraction of sp³-hybridized carbons (Fsp3) is 0.778. The molecule has 2 rings (SSSR count). The summed E-state index contributed by atoms with van der Waals surface area (Å²) in [5.74, 6) is 0.232. The number of halogens is 1. The molecule has 2 aliphatic heterocycles. The highest BCUT2D eigenvalue weighted by Gasteiger charge is 2.43. The minimum atomic E-state index is -4.64. The van der Waals surface area contributed by atoms with Crippen LogP contribution in [0, 0.1) is 0 Å². The number of rotatable bonds is 4. The van der Waals surface area contributed by atoms with Gasteiger partial charge in [-0.15, -0.1) is 0 Å². The number of hydrogen-bond donors (Lipinski definition) is 4. The van der Waals surface area contributed by atoms with Gasteiger partial charge in [-0.25, -0.2) is 9.36 Å². The lowest BCUT2D eigenvalue weighted by Gasteiger charge is -2.33. The molecule has 0 aromatic carbocycles. The van der Waals surface area contributed by atoms with Crippen LogP contribution < -0.4 is 5.73 Å². The van der Waals surface area contributed by atoms with E-state index >= 15 is 0 Å². The van der Waals surface area contributed by atoms with Gasteiger partial charge in [0.1, 0.15) is 18.2 Å². The van der Waals surface area contributed by atoms with Crippen molar-refractivity contribution in [2.45, 2.75) is 35.3 Å². The molecule has 0 aromatic rings. The number of aliphatic hydroxyl groups excluding tert-OH is 1. The molecule has 4 unspecified atom stereocenters. The first-order valence-electron chi connectivity index (χ1n) is 6.00. The number of amidine groups is 1. The molecule has 0 spiro atoms. The zero-order valence-corrected chi connectivity index (χ0v) is 13.8. The number of ether oxygens (including phenoxy) is 1. The summed E-state index contributed by atoms with van der Waals surface area (Å²) in [5, 5.41) is 9.85. The van der Waals surface area contributed by atoms with Gasteiger partial charge in [0.15, 0.2) is 0 Å². The molecule has 0 aromatic heterocycles. The lowest BCUT2D eigenvalue weighted by Crippen LogP contribution is -2.48. The third-order valence-electron chi connectivity index (χ3n) is 3.06. The summed E-state index contributed by atoms with van der Waals surface area (Å²) >= 11 is 2.01. The number of amides is 2. The van der Waals surface area contributed by atoms with Crippen molar-refractivity contribution < 1.29 is 33.5 Å². The molecule has 0 radical (unpaired) electrons. The van der Waals surface area contributed by atoms with Gasteiger partial charge in [-0.3, -0.25) is 9.42 Å². The van der Waals surface area contributed by atoms with Crippen LogP contribution >= 0.6 is 30.4 Å². The summed E-state index contributed by atoms with van der Waals surface area (Å²) in [6.07, 6.45) is -2.18. The van der Waals surface area contributed by atoms with E-state index in [1.165, 1.54) is 4.90 Å². The lowest BCUT2D eigenvalue weighted by molar-refractivity contribution is -0.0638. The van der Waals surface area contributed by atoms with Gasteiger partial charge in [-0.05, 0) is 0 Å². The van der Waals surface area contributed by atoms with Crippen molar-refractivity contribution in [3.63, 3.8) is 0 Å². The molecule has 1 fully saturated rings. The summed E-state index contributed by atoms with van der Waals surface area (Å²) in [5.41, 5.74) is 5.53. The van der Waals surface area contributed by atoms with E-state index in [1.807, 2.05) is 22.6 Å². The van der Waals surface area contributed by atoms with Crippen LogP contribution in [0.2, 0.25) is 0 Å². The topological polar surface area (TPSA) is 155 Å². The fourth-order valence-electron chi connectivity index (χ4n) is 2.13. The van der Waals surface area contributed by atoms with E-state index in [0.717, 1.165) is 0 Å². The van der Waals surface area contributed by atoms with Crippen LogP contribution in [0.5, 0.6) is 0 Å². The van der Waals surface area contributed by atoms with Crippen molar-refractivity contribution in [1.29, 1.82) is 0 Å². The van der Waals surface area contributed by atoms with Gasteiger partial charge in [0, 0.05) is 12.8 Å². The van der Waals surface area contributed by atoms with Crippen LogP contribution in [-0.4, -0.2) is 60.8 Å². The average Bonchev–Trinajstić information content (AvgIpc) is 2.65. The number of phosphoric ester groups is 1. The maximum Gasteiger partial charge on any atom is 0.469 e. The standard InChI is InChI=1S/C9H15IN3O7P/c10-6-2-7(11)12-9(15)13(6)8-1-4(14)5(20-8)3-19-21(16,17)18/h4-6,8,14H,1-3H2,(H2,11,12,15)(H2,16,17,18). The highest BCUT2D eigenvalue weighted by molar-refractivity contribution is 14.1. The molecule has 12 heteroatoms. The van der Waals surface area contributed by atoms with Crippen LogP contribution in [0.3, 0.4) is 0 Å². The third-order valence-corrected chi connectivity index (χ3v) is 4.59. The number of alkyl halides is 1. The summed E-state index contributed by atoms with van der Waals surface area (Å²) in [4.78, 5) is 34.2. The molecule has 2 amide bonds. The molecule has 5 N–H and O–H groups in total. The fourth-order valence-corrected chi connectivity index (χ4v) is 3.52. The van der Waals surface area contributed by atoms with E-state index in [4.69, 9.17) is 20.3 Å². The van der Waals surface area contributed by atoms with E-state index in [-0.39, 0.29) is 16.3 Å². The SMILES string of the molecule is NC1=NC(=O)N(C2CC(O)C(COP(=O)(O)O)O2)C(I)C1. The molecular weight excluding hydrogens is 420 g/mol. The molecule has 21 heavy (non-hydrogen) atoms. The first-order valence-corrected chi connectivity index (χ1v) is 8.78. The maximum absolute atomic E-state index is 11.9. The molecule has 0 aliphatic carbocycles. The Morgan fingerprint density at radius 2 is 2.24 bits per heavy atom. The van der Waals surface area contributed by atoms with Crippen LogP contribution in [0.1, 0.15) is 12.8 Å². The van der Waals surface area contributed by atoms with Gasteiger partial charge >= 0.3 is 13.9 Å². The Balaban J connectivity index is 2.00. The number of nitrogens with two attached hydrogens (primary N) is 1. The van der Waals surface area contributed by atoms with E-state index in [2.05, 4.69) is 9.52 Å². The summed E-state index contributed by atoms with van der Waals surface area (Å²) in [6, 6.07) is -0.563. The molecule has 10 nitrogen and oxygen atoms in total. The average molecular weight is 435 g/mol. The van der Waals surface area contributed by atoms with Crippen LogP contribution in [0.25, 0.3) is 0 Å². The third kappa shape index (κ3) is 4.34. The van der Waals surface area contributed by atoms with Crippen molar-refractivity contribution in [1.82, 2.24) is 4.90 Å². The Morgan fingerprint density at radius 1 is 1.57 bits per heavy atom. The second kappa shape index (κ2) is 6.44. The predicted molar refractivity (Wildman–Crippen MR) is 78.6 cm³/mol. The highest BCUT2D eigenvalue weighted by Crippen LogP contribution is 2.38. The number of carbonyl (C=O) groups is 1. The van der Waals surface area contributed by atoms with Crippen LogP contribution in [0.4, 0.5) is 4.79 Å². The van der Waals surface area contributed by atoms with E-state index in [0.29, 0.717) is 6.42 Å². The number of hydrogen-bond acceptors (Lipinski definition) is 6. The molecular formula is C9H15IN3O7P. The summed E-state index contributed by atoms with van der Waals surface area (Å²) in [7, 11) is -4.64. The lowest BCUT2D eigenvalue weighted by atomic mass is 10.2. The number of aliphatic imine (C=N–C) groups is 1. The van der Waals surface area contributed by atoms with Gasteiger partial charge in [-0.2, -0.15) is 4.99 Å². The molecule has 2 aliphatic rings. The molecule has 2 heterocycles. The van der Waals surface area contributed by atoms with Gasteiger partial charge in [0.05, 0.1) is 16.8 Å². The van der Waals surface area contributed by atoms with Gasteiger partial charge in [0.25, 0.3) is 0 Å². The molecule has 4 atom stereocenters. The number of phosphoric acid groups is 1. The Morgan fingerprint density at radius 3 is 2.81 bits per heavy atom. The number of urea groups is 1. The molecule has 1 saturated heterocycles. The van der Waals surface area contributed by atoms with Crippen molar-refractivity contribution in [3.8, 4) is 0 Å². The van der Waals surface area contributed by atoms with Gasteiger partial charge < -0.3 is 25.4 Å². The smallest absolute Gasteiger partial charge is 0.390 e. The highest BCUT2D eigenvalue weighted by atomic mass is 127. The zero-order valence-electron chi connectivity index (χ0n) is 10.7. The maximum atomic E-state index is 11.9. The van der Waals surface area contributed by atoms with Gasteiger partial charge in [0.2, 0.25) is 0 Å². The first-order chi connectivity index (χ1) is 9.67. The first kappa shape index (κ1) is 17.1. The van der Waals surface area contributed by atoms with Gasteiger partial charge in [-0.1, -0.05) is 22.6 Å². The Labute approximate surface area is 133 Å². The number of nitrogens with zero attached hydrogens (tertiary/aromatic N) is 2. The normalized spacial score (nSPS) is 34.2. The second-order valence-electron chi connectivity index (χ2n) is 4.65. The summed E-state index contributed by atoms with van der Waals surface area (Å²) in [6.45, 7) is -0.471. The van der Waals surface area contributed by atoms with Crippen molar-refractivity contribution in [2.75, 3.05) is 6.61 Å². The van der Waals surface area contributed by atoms with E-state index in [1.54, 1.807) is 0 Å². The Bertz CT molecular complexity index is 498. The summed E-state index contributed by atoms with van der Waals surface area (Å²) < 4.78 is 20.2. The van der Waals surface area contributed by atoms with E-state index < -0.39 is 38.9 Å². The second-order valence-corrected chi connectivity index (χ2v) is 7.33. The van der Waals surface area contributed by atoms with Crippen molar-refractivity contribution in [2.24, 2.45) is 10.7 Å². The monoisotopic (exact) mass is 435 g/mol. The predicted octanol–water partition coefficient (Wildman–Crippen LogP) is -0.484. The zero-order chi connectivity index (χ0) is 15.8. The van der Waals surface area contributed by atoms with Crippen molar-refractivity contribution >= 4 is 42.3 Å². The van der Waals surface area contributed by atoms with Crippen molar-refractivity contribution in [3.05, 3.63) is 0 Å². The molecule has 0 saturated carbocycles. The van der Waals surface area contributed by atoms with Crippen LogP contribution in [0.15, 0.2) is 4.99 Å². The largest absolute Gasteiger partial charge is 0.469 e. The minimum Gasteiger partial charge on any atom is -0.390 e. The van der Waals surface area contributed by atoms with E-state index in [9.17, 15) is 14.5 Å². The molecule has 120 valence electrons. The molecule has 0 bridgehead atoms. The minimum absolute atomic E-state index is 0.107. The Kier molecular flexibility index (Phi) is 5.23. The number of carbonyl (C=O) groups excluding carboxylic acids is 1. The quantitative estimate of drug-likeness (QED) is 0.200.